The van der Waals surface area contributed by atoms with E-state index in [9.17, 15) is 0 Å². The Kier molecular flexibility index (Phi) is 4.75. The molecule has 5 nitrogen and oxygen atoms in total. The fourth-order valence-corrected chi connectivity index (χ4v) is 4.42. The SMILES string of the molecule is Cc1cc(-c2[nH]c3cc(-c4ccc(N5CCNCC5)nc4)ccc3c2C)cc(C)n1. The van der Waals surface area contributed by atoms with Gasteiger partial charge in [-0.3, -0.25) is 4.98 Å². The highest BCUT2D eigenvalue weighted by atomic mass is 15.2. The fourth-order valence-electron chi connectivity index (χ4n) is 4.42. The number of benzene rings is 1. The Labute approximate surface area is 177 Å². The standard InChI is InChI=1S/C25H27N5/c1-16-12-21(13-17(2)28-16)25-18(3)22-6-4-19(14-23(22)29-25)20-5-7-24(27-15-20)30-10-8-26-9-11-30/h4-7,12-15,26,29H,8-11H2,1-3H3. The Morgan fingerprint density at radius 3 is 2.27 bits per heavy atom. The van der Waals surface area contributed by atoms with Crippen LogP contribution < -0.4 is 10.2 Å². The third-order valence-electron chi connectivity index (χ3n) is 5.95. The number of aromatic amines is 1. The molecule has 0 saturated carbocycles. The van der Waals surface area contributed by atoms with Crippen LogP contribution in [0.5, 0.6) is 0 Å². The van der Waals surface area contributed by atoms with Gasteiger partial charge in [-0.1, -0.05) is 12.1 Å². The minimum atomic E-state index is 1.01. The third kappa shape index (κ3) is 3.46. The fraction of sp³-hybridized carbons (Fsp3) is 0.280. The van der Waals surface area contributed by atoms with Gasteiger partial charge in [-0.25, -0.2) is 4.98 Å². The monoisotopic (exact) mass is 397 g/mol. The van der Waals surface area contributed by atoms with E-state index < -0.39 is 0 Å². The van der Waals surface area contributed by atoms with Gasteiger partial charge in [-0.15, -0.1) is 0 Å². The molecule has 0 spiro atoms. The van der Waals surface area contributed by atoms with Crippen molar-refractivity contribution in [3.05, 3.63) is 65.6 Å². The molecule has 0 amide bonds. The van der Waals surface area contributed by atoms with Crippen LogP contribution in [0.2, 0.25) is 0 Å². The van der Waals surface area contributed by atoms with Crippen LogP contribution in [0.4, 0.5) is 5.82 Å². The second kappa shape index (κ2) is 7.58. The Morgan fingerprint density at radius 2 is 1.57 bits per heavy atom. The van der Waals surface area contributed by atoms with Crippen molar-refractivity contribution in [2.24, 2.45) is 0 Å². The molecule has 0 aliphatic carbocycles. The Hall–Kier alpha value is -3.18. The molecular weight excluding hydrogens is 370 g/mol. The molecule has 0 unspecified atom stereocenters. The normalized spacial score (nSPS) is 14.4. The van der Waals surface area contributed by atoms with Crippen molar-refractivity contribution in [3.63, 3.8) is 0 Å². The third-order valence-corrected chi connectivity index (χ3v) is 5.95. The largest absolute Gasteiger partial charge is 0.354 e. The highest BCUT2D eigenvalue weighted by molar-refractivity contribution is 5.93. The molecule has 3 aromatic heterocycles. The Balaban J connectivity index is 1.49. The summed E-state index contributed by atoms with van der Waals surface area (Å²) in [6.07, 6.45) is 1.99. The van der Waals surface area contributed by atoms with Crippen molar-refractivity contribution in [1.29, 1.82) is 0 Å². The summed E-state index contributed by atoms with van der Waals surface area (Å²) in [5, 5.41) is 4.64. The number of H-pyrrole nitrogens is 1. The summed E-state index contributed by atoms with van der Waals surface area (Å²) in [5.41, 5.74) is 9.18. The van der Waals surface area contributed by atoms with Crippen LogP contribution in [0.25, 0.3) is 33.3 Å². The zero-order chi connectivity index (χ0) is 20.7. The predicted octanol–water partition coefficient (Wildman–Crippen LogP) is 4.63. The van der Waals surface area contributed by atoms with Gasteiger partial charge in [-0.05, 0) is 62.2 Å². The van der Waals surface area contributed by atoms with Crippen molar-refractivity contribution in [3.8, 4) is 22.4 Å². The van der Waals surface area contributed by atoms with E-state index in [0.717, 1.165) is 54.5 Å². The first-order valence-corrected chi connectivity index (χ1v) is 10.6. The maximum atomic E-state index is 4.73. The number of hydrogen-bond donors (Lipinski definition) is 2. The summed E-state index contributed by atoms with van der Waals surface area (Å²) in [5.74, 6) is 1.06. The second-order valence-electron chi connectivity index (χ2n) is 8.17. The van der Waals surface area contributed by atoms with E-state index in [0.29, 0.717) is 0 Å². The van der Waals surface area contributed by atoms with E-state index in [4.69, 9.17) is 4.98 Å². The first-order valence-electron chi connectivity index (χ1n) is 10.6. The highest BCUT2D eigenvalue weighted by Gasteiger charge is 2.13. The van der Waals surface area contributed by atoms with Crippen LogP contribution in [-0.4, -0.2) is 41.1 Å². The lowest BCUT2D eigenvalue weighted by Crippen LogP contribution is -2.43. The summed E-state index contributed by atoms with van der Waals surface area (Å²) >= 11 is 0. The summed E-state index contributed by atoms with van der Waals surface area (Å²) < 4.78 is 0. The van der Waals surface area contributed by atoms with Crippen molar-refractivity contribution in [2.45, 2.75) is 20.8 Å². The molecule has 1 aliphatic heterocycles. The zero-order valence-corrected chi connectivity index (χ0v) is 17.8. The quantitative estimate of drug-likeness (QED) is 0.529. The topological polar surface area (TPSA) is 56.8 Å². The van der Waals surface area contributed by atoms with Crippen LogP contribution in [0.1, 0.15) is 17.0 Å². The first kappa shape index (κ1) is 18.8. The summed E-state index contributed by atoms with van der Waals surface area (Å²) in [7, 11) is 0. The molecule has 1 aliphatic rings. The van der Waals surface area contributed by atoms with Gasteiger partial charge in [0.2, 0.25) is 0 Å². The van der Waals surface area contributed by atoms with E-state index in [1.165, 1.54) is 27.8 Å². The number of pyridine rings is 2. The van der Waals surface area contributed by atoms with Crippen LogP contribution >= 0.6 is 0 Å². The molecule has 0 atom stereocenters. The zero-order valence-electron chi connectivity index (χ0n) is 17.8. The van der Waals surface area contributed by atoms with Crippen molar-refractivity contribution >= 4 is 16.7 Å². The van der Waals surface area contributed by atoms with Gasteiger partial charge in [0.25, 0.3) is 0 Å². The number of fused-ring (bicyclic) bond motifs is 1. The molecule has 1 fully saturated rings. The molecule has 1 saturated heterocycles. The lowest BCUT2D eigenvalue weighted by Gasteiger charge is -2.28. The van der Waals surface area contributed by atoms with Crippen LogP contribution in [0, 0.1) is 20.8 Å². The molecule has 5 heteroatoms. The van der Waals surface area contributed by atoms with Gasteiger partial charge in [0.15, 0.2) is 0 Å². The predicted molar refractivity (Wildman–Crippen MR) is 124 cm³/mol. The average Bonchev–Trinajstić information content (AvgIpc) is 3.10. The summed E-state index contributed by atoms with van der Waals surface area (Å²) in [6.45, 7) is 10.3. The van der Waals surface area contributed by atoms with Gasteiger partial charge in [0.1, 0.15) is 5.82 Å². The molecule has 1 aromatic carbocycles. The minimum Gasteiger partial charge on any atom is -0.354 e. The number of piperazine rings is 1. The van der Waals surface area contributed by atoms with E-state index in [1.807, 2.05) is 20.0 Å². The van der Waals surface area contributed by atoms with Crippen LogP contribution in [-0.2, 0) is 0 Å². The molecule has 4 aromatic rings. The van der Waals surface area contributed by atoms with E-state index >= 15 is 0 Å². The van der Waals surface area contributed by atoms with Gasteiger partial charge in [0, 0.05) is 71.5 Å². The lowest BCUT2D eigenvalue weighted by atomic mass is 10.0. The number of rotatable bonds is 3. The molecule has 0 bridgehead atoms. The van der Waals surface area contributed by atoms with Crippen LogP contribution in [0.3, 0.4) is 0 Å². The molecule has 5 rings (SSSR count). The molecule has 4 heterocycles. The summed E-state index contributed by atoms with van der Waals surface area (Å²) in [4.78, 5) is 15.2. The summed E-state index contributed by atoms with van der Waals surface area (Å²) in [6, 6.07) is 15.2. The van der Waals surface area contributed by atoms with Gasteiger partial charge in [-0.2, -0.15) is 0 Å². The van der Waals surface area contributed by atoms with Gasteiger partial charge < -0.3 is 15.2 Å². The average molecular weight is 398 g/mol. The number of nitrogens with zero attached hydrogens (tertiary/aromatic N) is 3. The maximum Gasteiger partial charge on any atom is 0.128 e. The molecular formula is C25H27N5. The second-order valence-corrected chi connectivity index (χ2v) is 8.17. The smallest absolute Gasteiger partial charge is 0.128 e. The maximum absolute atomic E-state index is 4.73. The van der Waals surface area contributed by atoms with Crippen LogP contribution in [0.15, 0.2) is 48.7 Å². The van der Waals surface area contributed by atoms with E-state index in [1.54, 1.807) is 0 Å². The lowest BCUT2D eigenvalue weighted by molar-refractivity contribution is 0.585. The van der Waals surface area contributed by atoms with Crippen molar-refractivity contribution < 1.29 is 0 Å². The number of anilines is 1. The highest BCUT2D eigenvalue weighted by Crippen LogP contribution is 2.33. The number of nitrogens with one attached hydrogen (secondary N) is 2. The molecule has 30 heavy (non-hydrogen) atoms. The first-order chi connectivity index (χ1) is 14.6. The van der Waals surface area contributed by atoms with Crippen molar-refractivity contribution in [2.75, 3.05) is 31.1 Å². The van der Waals surface area contributed by atoms with Crippen molar-refractivity contribution in [1.82, 2.24) is 20.3 Å². The molecule has 2 N–H and O–H groups in total. The van der Waals surface area contributed by atoms with E-state index in [-0.39, 0.29) is 0 Å². The Morgan fingerprint density at radius 1 is 0.833 bits per heavy atom. The van der Waals surface area contributed by atoms with Gasteiger partial charge in [0.05, 0.1) is 0 Å². The Bertz CT molecular complexity index is 1180. The molecule has 152 valence electrons. The van der Waals surface area contributed by atoms with Gasteiger partial charge >= 0.3 is 0 Å². The number of aromatic nitrogens is 3. The number of hydrogen-bond acceptors (Lipinski definition) is 4. The minimum absolute atomic E-state index is 1.01. The number of aryl methyl sites for hydroxylation is 3. The van der Waals surface area contributed by atoms with E-state index in [2.05, 4.69) is 69.6 Å². The molecule has 0 radical (unpaired) electrons.